The summed E-state index contributed by atoms with van der Waals surface area (Å²) >= 11 is 0. The topological polar surface area (TPSA) is 58.0 Å². The number of phenols is 1. The van der Waals surface area contributed by atoms with Crippen molar-refractivity contribution in [1.29, 1.82) is 0 Å². The second-order valence-corrected chi connectivity index (χ2v) is 4.82. The molecule has 1 aromatic heterocycles. The summed E-state index contributed by atoms with van der Waals surface area (Å²) in [5, 5.41) is 12.2. The minimum atomic E-state index is -0.361. The van der Waals surface area contributed by atoms with Gasteiger partial charge in [0, 0.05) is 6.07 Å². The Hall–Kier alpha value is -2.82. The smallest absolute Gasteiger partial charge is 0.271 e. The van der Waals surface area contributed by atoms with Crippen molar-refractivity contribution >= 4 is 0 Å². The molecule has 21 heavy (non-hydrogen) atoms. The summed E-state index contributed by atoms with van der Waals surface area (Å²) in [6.07, 6.45) is 0. The van der Waals surface area contributed by atoms with Crippen LogP contribution < -0.4 is 5.56 Å². The van der Waals surface area contributed by atoms with Crippen molar-refractivity contribution in [2.24, 2.45) is 0 Å². The minimum absolute atomic E-state index is 0.154. The molecule has 0 fully saturated rings. The maximum atomic E-state index is 13.6. The average molecular weight is 284 g/mol. The summed E-state index contributed by atoms with van der Waals surface area (Å²) in [5.41, 5.74) is 2.05. The standard InChI is InChI=1S/C16H13FN2O2/c1-10-2-5-12(8-14(10)17)19-16(21)9-15(18-19)11-3-6-13(20)7-4-11/h2-9,18,20H,1H3. The molecular formula is C16H13FN2O2. The predicted octanol–water partition coefficient (Wildman–Crippen LogP) is 2.99. The normalized spacial score (nSPS) is 10.8. The Labute approximate surface area is 120 Å². The van der Waals surface area contributed by atoms with Gasteiger partial charge in [0.25, 0.3) is 5.56 Å². The molecule has 4 nitrogen and oxygen atoms in total. The van der Waals surface area contributed by atoms with E-state index in [-0.39, 0.29) is 17.1 Å². The summed E-state index contributed by atoms with van der Waals surface area (Å²) in [6.45, 7) is 1.67. The molecule has 0 saturated carbocycles. The third-order valence-corrected chi connectivity index (χ3v) is 3.31. The number of H-pyrrole nitrogens is 1. The van der Waals surface area contributed by atoms with Gasteiger partial charge in [-0.2, -0.15) is 0 Å². The van der Waals surface area contributed by atoms with E-state index in [0.29, 0.717) is 16.9 Å². The molecule has 106 valence electrons. The highest BCUT2D eigenvalue weighted by Gasteiger charge is 2.08. The summed E-state index contributed by atoms with van der Waals surface area (Å²) in [6, 6.07) is 12.5. The molecule has 0 spiro atoms. The van der Waals surface area contributed by atoms with E-state index in [1.807, 2.05) is 0 Å². The molecule has 0 unspecified atom stereocenters. The zero-order valence-corrected chi connectivity index (χ0v) is 11.3. The van der Waals surface area contributed by atoms with Crippen LogP contribution in [-0.4, -0.2) is 14.9 Å². The molecule has 3 aromatic rings. The first-order valence-electron chi connectivity index (χ1n) is 6.42. The number of benzene rings is 2. The van der Waals surface area contributed by atoms with Crippen LogP contribution in [0.1, 0.15) is 5.56 Å². The lowest BCUT2D eigenvalue weighted by atomic mass is 10.1. The van der Waals surface area contributed by atoms with Crippen LogP contribution >= 0.6 is 0 Å². The van der Waals surface area contributed by atoms with Crippen LogP contribution in [0.5, 0.6) is 5.75 Å². The molecule has 0 aliphatic carbocycles. The molecule has 0 aliphatic heterocycles. The van der Waals surface area contributed by atoms with Crippen LogP contribution in [0.4, 0.5) is 4.39 Å². The highest BCUT2D eigenvalue weighted by Crippen LogP contribution is 2.20. The number of aromatic hydroxyl groups is 1. The number of nitrogens with one attached hydrogen (secondary N) is 1. The van der Waals surface area contributed by atoms with Crippen molar-refractivity contribution in [3.8, 4) is 22.7 Å². The van der Waals surface area contributed by atoms with Crippen molar-refractivity contribution in [3.05, 3.63) is 70.3 Å². The highest BCUT2D eigenvalue weighted by molar-refractivity contribution is 5.59. The fraction of sp³-hybridized carbons (Fsp3) is 0.0625. The van der Waals surface area contributed by atoms with Crippen molar-refractivity contribution in [1.82, 2.24) is 9.78 Å². The fourth-order valence-electron chi connectivity index (χ4n) is 2.10. The molecular weight excluding hydrogens is 271 g/mol. The second kappa shape index (κ2) is 4.94. The highest BCUT2D eigenvalue weighted by atomic mass is 19.1. The Balaban J connectivity index is 2.07. The number of phenolic OH excluding ortho intramolecular Hbond substituents is 1. The van der Waals surface area contributed by atoms with E-state index < -0.39 is 0 Å². The van der Waals surface area contributed by atoms with E-state index in [1.165, 1.54) is 28.9 Å². The van der Waals surface area contributed by atoms with Gasteiger partial charge in [0.2, 0.25) is 0 Å². The Morgan fingerprint density at radius 2 is 1.81 bits per heavy atom. The molecule has 3 rings (SSSR count). The number of aromatic amines is 1. The van der Waals surface area contributed by atoms with E-state index in [1.54, 1.807) is 31.2 Å². The molecule has 0 aliphatic rings. The van der Waals surface area contributed by atoms with Crippen LogP contribution in [0.15, 0.2) is 53.3 Å². The number of aryl methyl sites for hydroxylation is 1. The first-order chi connectivity index (χ1) is 10.0. The van der Waals surface area contributed by atoms with Crippen LogP contribution in [0.3, 0.4) is 0 Å². The summed E-state index contributed by atoms with van der Waals surface area (Å²) in [4.78, 5) is 12.0. The monoisotopic (exact) mass is 284 g/mol. The van der Waals surface area contributed by atoms with Crippen molar-refractivity contribution in [3.63, 3.8) is 0 Å². The van der Waals surface area contributed by atoms with Crippen LogP contribution in [0, 0.1) is 12.7 Å². The molecule has 0 amide bonds. The van der Waals surface area contributed by atoms with Crippen molar-refractivity contribution < 1.29 is 9.50 Å². The van der Waals surface area contributed by atoms with Gasteiger partial charge in [-0.15, -0.1) is 0 Å². The first-order valence-corrected chi connectivity index (χ1v) is 6.42. The lowest BCUT2D eigenvalue weighted by Crippen LogP contribution is -2.13. The van der Waals surface area contributed by atoms with Gasteiger partial charge >= 0.3 is 0 Å². The number of aromatic nitrogens is 2. The predicted molar refractivity (Wildman–Crippen MR) is 78.2 cm³/mol. The third kappa shape index (κ3) is 2.45. The maximum Gasteiger partial charge on any atom is 0.271 e. The quantitative estimate of drug-likeness (QED) is 0.760. The van der Waals surface area contributed by atoms with Gasteiger partial charge in [0.05, 0.1) is 11.4 Å². The van der Waals surface area contributed by atoms with Gasteiger partial charge in [-0.05, 0) is 54.4 Å². The first kappa shape index (κ1) is 13.2. The number of hydrogen-bond donors (Lipinski definition) is 2. The summed E-state index contributed by atoms with van der Waals surface area (Å²) in [5.74, 6) is -0.207. The van der Waals surface area contributed by atoms with Crippen LogP contribution in [0.2, 0.25) is 0 Å². The van der Waals surface area contributed by atoms with Gasteiger partial charge in [-0.1, -0.05) is 6.07 Å². The van der Waals surface area contributed by atoms with Gasteiger partial charge in [0.15, 0.2) is 0 Å². The maximum absolute atomic E-state index is 13.6. The second-order valence-electron chi connectivity index (χ2n) is 4.82. The molecule has 2 aromatic carbocycles. The Morgan fingerprint density at radius 3 is 2.48 bits per heavy atom. The number of rotatable bonds is 2. The molecule has 5 heteroatoms. The third-order valence-electron chi connectivity index (χ3n) is 3.31. The van der Waals surface area contributed by atoms with Gasteiger partial charge < -0.3 is 5.11 Å². The molecule has 1 heterocycles. The van der Waals surface area contributed by atoms with Gasteiger partial charge in [0.1, 0.15) is 11.6 Å². The Morgan fingerprint density at radius 1 is 1.10 bits per heavy atom. The molecule has 2 N–H and O–H groups in total. The largest absolute Gasteiger partial charge is 0.508 e. The zero-order chi connectivity index (χ0) is 15.0. The van der Waals surface area contributed by atoms with Crippen LogP contribution in [-0.2, 0) is 0 Å². The summed E-state index contributed by atoms with van der Waals surface area (Å²) in [7, 11) is 0. The van der Waals surface area contributed by atoms with Gasteiger partial charge in [-0.25, -0.2) is 9.07 Å². The van der Waals surface area contributed by atoms with E-state index in [2.05, 4.69) is 5.10 Å². The Kier molecular flexibility index (Phi) is 3.10. The number of hydrogen-bond acceptors (Lipinski definition) is 2. The molecule has 0 saturated heterocycles. The van der Waals surface area contributed by atoms with E-state index >= 15 is 0 Å². The SMILES string of the molecule is Cc1ccc(-n2[nH]c(-c3ccc(O)cc3)cc2=O)cc1F. The van der Waals surface area contributed by atoms with E-state index in [9.17, 15) is 14.3 Å². The molecule has 0 radical (unpaired) electrons. The zero-order valence-electron chi connectivity index (χ0n) is 11.3. The van der Waals surface area contributed by atoms with Crippen molar-refractivity contribution in [2.45, 2.75) is 6.92 Å². The lowest BCUT2D eigenvalue weighted by Gasteiger charge is -2.04. The minimum Gasteiger partial charge on any atom is -0.508 e. The van der Waals surface area contributed by atoms with E-state index in [4.69, 9.17) is 0 Å². The van der Waals surface area contributed by atoms with Crippen LogP contribution in [0.25, 0.3) is 16.9 Å². The molecule has 0 bridgehead atoms. The summed E-state index contributed by atoms with van der Waals surface area (Å²) < 4.78 is 14.9. The van der Waals surface area contributed by atoms with Crippen molar-refractivity contribution in [2.75, 3.05) is 0 Å². The lowest BCUT2D eigenvalue weighted by molar-refractivity contribution is 0.475. The average Bonchev–Trinajstić information content (AvgIpc) is 2.85. The fourth-order valence-corrected chi connectivity index (χ4v) is 2.10. The molecule has 0 atom stereocenters. The number of nitrogens with zero attached hydrogens (tertiary/aromatic N) is 1. The van der Waals surface area contributed by atoms with E-state index in [0.717, 1.165) is 5.56 Å². The number of halogens is 1. The van der Waals surface area contributed by atoms with Gasteiger partial charge in [-0.3, -0.25) is 9.89 Å². The Bertz CT molecular complexity index is 847.